The van der Waals surface area contributed by atoms with Crippen molar-refractivity contribution in [3.05, 3.63) is 59.5 Å². The molecule has 5 rings (SSSR count). The number of methoxy groups -OCH3 is 1. The Morgan fingerprint density at radius 1 is 1.25 bits per heavy atom. The number of ketones is 1. The summed E-state index contributed by atoms with van der Waals surface area (Å²) in [5, 5.41) is 22.0. The van der Waals surface area contributed by atoms with E-state index in [1.165, 1.54) is 30.3 Å². The minimum Gasteiger partial charge on any atom is -0.506 e. The molecule has 0 saturated carbocycles. The maximum Gasteiger partial charge on any atom is 0.254 e. The molecule has 0 bridgehead atoms. The summed E-state index contributed by atoms with van der Waals surface area (Å²) in [5.74, 6) is -1.76. The van der Waals surface area contributed by atoms with Crippen LogP contribution >= 0.6 is 0 Å². The van der Waals surface area contributed by atoms with Crippen LogP contribution in [-0.4, -0.2) is 62.3 Å². The molecular weight excluding hydrogens is 468 g/mol. The minimum absolute atomic E-state index is 0.0285. The van der Waals surface area contributed by atoms with Gasteiger partial charge in [0, 0.05) is 24.8 Å². The maximum atomic E-state index is 13.6. The number of carbonyl (C=O) groups excluding carboxylic acids is 4. The van der Waals surface area contributed by atoms with Crippen molar-refractivity contribution in [1.82, 2.24) is 25.4 Å². The van der Waals surface area contributed by atoms with Crippen molar-refractivity contribution >= 4 is 35.0 Å². The second kappa shape index (κ2) is 8.80. The number of pyridine rings is 1. The summed E-state index contributed by atoms with van der Waals surface area (Å²) in [7, 11) is 1.49. The van der Waals surface area contributed by atoms with Gasteiger partial charge in [-0.1, -0.05) is 6.07 Å². The van der Waals surface area contributed by atoms with E-state index in [9.17, 15) is 24.3 Å². The van der Waals surface area contributed by atoms with E-state index in [0.29, 0.717) is 22.8 Å². The molecule has 1 fully saturated rings. The summed E-state index contributed by atoms with van der Waals surface area (Å²) in [5.41, 5.74) is -0.0160. The number of carbonyl (C=O) groups is 4. The molecule has 12 heteroatoms. The Kier molecular flexibility index (Phi) is 5.63. The number of amides is 3. The van der Waals surface area contributed by atoms with Crippen molar-refractivity contribution in [2.24, 2.45) is 5.41 Å². The highest BCUT2D eigenvalue weighted by molar-refractivity contribution is 6.18. The largest absolute Gasteiger partial charge is 0.506 e. The Morgan fingerprint density at radius 2 is 2.08 bits per heavy atom. The summed E-state index contributed by atoms with van der Waals surface area (Å²) in [6.45, 7) is -0.102. The number of aromatic nitrogens is 3. The first-order valence-electron chi connectivity index (χ1n) is 11.1. The monoisotopic (exact) mass is 490 g/mol. The first kappa shape index (κ1) is 23.0. The standard InChI is InChI=1S/C24H22N6O6/c1-36-15-3-2-13-11-30(22(34)16(13)6-15)12-24(8-21(33)29-23(24)35)19(32)7-17-18(31)4-5-20(28-17)27-14-9-25-26-10-14/h2-6,9-10,31H,7-8,11-12H2,1H3,(H,25,26)(H,27,28)(H,29,33,35)/t24-/m1/s1. The number of Topliss-reactive ketones (excluding diaryl/α,β-unsaturated/α-hetero) is 1. The van der Waals surface area contributed by atoms with Crippen LogP contribution in [0.4, 0.5) is 11.5 Å². The van der Waals surface area contributed by atoms with Crippen molar-refractivity contribution in [2.75, 3.05) is 19.0 Å². The first-order valence-corrected chi connectivity index (χ1v) is 11.1. The highest BCUT2D eigenvalue weighted by atomic mass is 16.5. The van der Waals surface area contributed by atoms with Crippen molar-refractivity contribution in [3.8, 4) is 11.5 Å². The van der Waals surface area contributed by atoms with Gasteiger partial charge in [0.15, 0.2) is 5.78 Å². The Bertz CT molecular complexity index is 1390. The number of hydrogen-bond donors (Lipinski definition) is 4. The lowest BCUT2D eigenvalue weighted by atomic mass is 9.79. The topological polar surface area (TPSA) is 167 Å². The van der Waals surface area contributed by atoms with Gasteiger partial charge in [-0.05, 0) is 29.8 Å². The highest BCUT2D eigenvalue weighted by Crippen LogP contribution is 2.36. The SMILES string of the molecule is COc1ccc2c(c1)C(=O)N(C[C@@]1(C(=O)Cc3nc(Nc4cn[nH]c4)ccc3O)CC(=O)NC1=O)C2. The van der Waals surface area contributed by atoms with Crippen LogP contribution in [0.1, 0.15) is 28.0 Å². The third-order valence-corrected chi connectivity index (χ3v) is 6.39. The third-order valence-electron chi connectivity index (χ3n) is 6.39. The second-order valence-electron chi connectivity index (χ2n) is 8.69. The van der Waals surface area contributed by atoms with Crippen LogP contribution in [0.15, 0.2) is 42.7 Å². The van der Waals surface area contributed by atoms with Gasteiger partial charge in [0.05, 0.1) is 37.5 Å². The molecule has 12 nitrogen and oxygen atoms in total. The molecule has 3 aromatic rings. The number of rotatable bonds is 8. The fraction of sp³-hybridized carbons (Fsp3) is 0.250. The normalized spacial score (nSPS) is 18.8. The lowest BCUT2D eigenvalue weighted by Crippen LogP contribution is -2.48. The van der Waals surface area contributed by atoms with Gasteiger partial charge in [-0.3, -0.25) is 29.6 Å². The summed E-state index contributed by atoms with van der Waals surface area (Å²) in [4.78, 5) is 57.5. The summed E-state index contributed by atoms with van der Waals surface area (Å²) in [6, 6.07) is 7.97. The van der Waals surface area contributed by atoms with E-state index in [-0.39, 0.29) is 30.4 Å². The van der Waals surface area contributed by atoms with Gasteiger partial charge in [-0.25, -0.2) is 4.98 Å². The molecule has 1 aromatic carbocycles. The fourth-order valence-electron chi connectivity index (χ4n) is 4.49. The zero-order valence-electron chi connectivity index (χ0n) is 19.2. The van der Waals surface area contributed by atoms with E-state index in [1.807, 2.05) is 0 Å². The predicted molar refractivity (Wildman–Crippen MR) is 124 cm³/mol. The molecule has 0 aliphatic carbocycles. The molecule has 1 saturated heterocycles. The van der Waals surface area contributed by atoms with Gasteiger partial charge < -0.3 is 20.1 Å². The van der Waals surface area contributed by atoms with E-state index in [4.69, 9.17) is 4.74 Å². The molecule has 2 aliphatic heterocycles. The fourth-order valence-corrected chi connectivity index (χ4v) is 4.49. The molecule has 36 heavy (non-hydrogen) atoms. The van der Waals surface area contributed by atoms with Crippen LogP contribution in [0.5, 0.6) is 11.5 Å². The van der Waals surface area contributed by atoms with Gasteiger partial charge in [0.2, 0.25) is 11.8 Å². The van der Waals surface area contributed by atoms with Crippen LogP contribution in [0.2, 0.25) is 0 Å². The predicted octanol–water partition coefficient (Wildman–Crippen LogP) is 1.06. The zero-order valence-corrected chi connectivity index (χ0v) is 19.2. The van der Waals surface area contributed by atoms with E-state index in [1.54, 1.807) is 24.4 Å². The molecule has 2 aliphatic rings. The van der Waals surface area contributed by atoms with Gasteiger partial charge in [0.25, 0.3) is 5.91 Å². The summed E-state index contributed by atoms with van der Waals surface area (Å²) in [6.07, 6.45) is 2.31. The molecule has 4 heterocycles. The molecule has 0 spiro atoms. The van der Waals surface area contributed by atoms with Crippen LogP contribution in [0.3, 0.4) is 0 Å². The lowest BCUT2D eigenvalue weighted by molar-refractivity contribution is -0.140. The minimum atomic E-state index is -1.80. The number of H-pyrrole nitrogens is 1. The number of nitrogens with zero attached hydrogens (tertiary/aromatic N) is 3. The Balaban J connectivity index is 1.41. The average Bonchev–Trinajstić information content (AvgIpc) is 3.55. The number of aromatic hydroxyl groups is 1. The molecule has 4 N–H and O–H groups in total. The number of nitrogens with one attached hydrogen (secondary N) is 3. The van der Waals surface area contributed by atoms with E-state index < -0.39 is 35.9 Å². The molecule has 0 radical (unpaired) electrons. The van der Waals surface area contributed by atoms with Crippen molar-refractivity contribution in [2.45, 2.75) is 19.4 Å². The number of hydrogen-bond acceptors (Lipinski definition) is 9. The van der Waals surface area contributed by atoms with Crippen LogP contribution in [-0.2, 0) is 27.3 Å². The van der Waals surface area contributed by atoms with Crippen LogP contribution < -0.4 is 15.4 Å². The van der Waals surface area contributed by atoms with Gasteiger partial charge >= 0.3 is 0 Å². The van der Waals surface area contributed by atoms with Crippen molar-refractivity contribution in [3.63, 3.8) is 0 Å². The summed E-state index contributed by atoms with van der Waals surface area (Å²) < 4.78 is 5.19. The summed E-state index contributed by atoms with van der Waals surface area (Å²) >= 11 is 0. The number of imide groups is 1. The van der Waals surface area contributed by atoms with Crippen molar-refractivity contribution < 1.29 is 29.0 Å². The van der Waals surface area contributed by atoms with E-state index in [0.717, 1.165) is 5.56 Å². The van der Waals surface area contributed by atoms with Gasteiger partial charge in [0.1, 0.15) is 22.7 Å². The average molecular weight is 490 g/mol. The Labute approximate surface area is 204 Å². The maximum absolute atomic E-state index is 13.6. The van der Waals surface area contributed by atoms with Crippen LogP contribution in [0.25, 0.3) is 0 Å². The van der Waals surface area contributed by atoms with Crippen LogP contribution in [0, 0.1) is 5.41 Å². The quantitative estimate of drug-likeness (QED) is 0.267. The smallest absolute Gasteiger partial charge is 0.254 e. The number of aromatic amines is 1. The Hall–Kier alpha value is -4.74. The molecule has 2 aromatic heterocycles. The number of ether oxygens (including phenoxy) is 1. The molecule has 0 unspecified atom stereocenters. The Morgan fingerprint density at radius 3 is 2.78 bits per heavy atom. The van der Waals surface area contributed by atoms with Gasteiger partial charge in [-0.15, -0.1) is 0 Å². The molecular formula is C24H22N6O6. The number of benzene rings is 1. The van der Waals surface area contributed by atoms with Gasteiger partial charge in [-0.2, -0.15) is 5.10 Å². The van der Waals surface area contributed by atoms with E-state index in [2.05, 4.69) is 25.8 Å². The number of fused-ring (bicyclic) bond motifs is 1. The molecule has 184 valence electrons. The molecule has 1 atom stereocenters. The molecule has 3 amide bonds. The first-order chi connectivity index (χ1) is 17.3. The second-order valence-corrected chi connectivity index (χ2v) is 8.69. The zero-order chi connectivity index (χ0) is 25.4. The lowest BCUT2D eigenvalue weighted by Gasteiger charge is -2.29. The van der Waals surface area contributed by atoms with Crippen molar-refractivity contribution in [1.29, 1.82) is 0 Å². The third kappa shape index (κ3) is 4.02. The number of anilines is 2. The van der Waals surface area contributed by atoms with E-state index >= 15 is 0 Å². The highest BCUT2D eigenvalue weighted by Gasteiger charge is 2.54.